The van der Waals surface area contributed by atoms with Crippen LogP contribution in [0.4, 0.5) is 0 Å². The van der Waals surface area contributed by atoms with Gasteiger partial charge in [-0.15, -0.1) is 0 Å². The lowest BCUT2D eigenvalue weighted by molar-refractivity contribution is -0.122. The highest BCUT2D eigenvalue weighted by atomic mass is 16.2. The minimum absolute atomic E-state index is 0.0354. The fraction of sp³-hybridized carbons (Fsp3) is 0.556. The number of carbonyl (C=O) groups excluding carboxylic acids is 2. The van der Waals surface area contributed by atoms with E-state index in [1.54, 1.807) is 6.07 Å². The molecule has 0 bridgehead atoms. The van der Waals surface area contributed by atoms with E-state index in [0.717, 1.165) is 31.2 Å². The van der Waals surface area contributed by atoms with Crippen molar-refractivity contribution in [2.45, 2.75) is 51.6 Å². The summed E-state index contributed by atoms with van der Waals surface area (Å²) in [5.41, 5.74) is 7.56. The zero-order valence-corrected chi connectivity index (χ0v) is 13.8. The van der Waals surface area contributed by atoms with E-state index in [4.69, 9.17) is 5.73 Å². The molecule has 23 heavy (non-hydrogen) atoms. The largest absolute Gasteiger partial charge is 0.352 e. The number of nitrogens with one attached hydrogen (secondary N) is 2. The molecular weight excluding hydrogens is 290 g/mol. The summed E-state index contributed by atoms with van der Waals surface area (Å²) in [5.74, 6) is 0.270. The van der Waals surface area contributed by atoms with Crippen molar-refractivity contribution < 1.29 is 9.59 Å². The Balaban J connectivity index is 1.83. The number of nitrogens with two attached hydrogens (primary N) is 1. The Hall–Kier alpha value is -1.88. The topological polar surface area (TPSA) is 84.2 Å². The number of hydrogen-bond acceptors (Lipinski definition) is 3. The van der Waals surface area contributed by atoms with Gasteiger partial charge in [-0.05, 0) is 42.9 Å². The van der Waals surface area contributed by atoms with Gasteiger partial charge >= 0.3 is 0 Å². The SMILES string of the molecule is CCCNC(=O)c1cccc(CNC(=O)C[C@@H]2CCC[C@H]2N)c1. The summed E-state index contributed by atoms with van der Waals surface area (Å²) < 4.78 is 0. The normalized spacial score (nSPS) is 20.3. The van der Waals surface area contributed by atoms with Gasteiger partial charge < -0.3 is 16.4 Å². The predicted molar refractivity (Wildman–Crippen MR) is 90.8 cm³/mol. The molecule has 0 saturated heterocycles. The van der Waals surface area contributed by atoms with Crippen LogP contribution >= 0.6 is 0 Å². The second kappa shape index (κ2) is 8.67. The zero-order valence-electron chi connectivity index (χ0n) is 13.8. The highest BCUT2D eigenvalue weighted by Gasteiger charge is 2.25. The summed E-state index contributed by atoms with van der Waals surface area (Å²) in [6.07, 6.45) is 4.59. The van der Waals surface area contributed by atoms with Crippen molar-refractivity contribution in [3.05, 3.63) is 35.4 Å². The number of amides is 2. The summed E-state index contributed by atoms with van der Waals surface area (Å²) in [6, 6.07) is 7.53. The van der Waals surface area contributed by atoms with Crippen LogP contribution in [0, 0.1) is 5.92 Å². The van der Waals surface area contributed by atoms with E-state index in [2.05, 4.69) is 10.6 Å². The van der Waals surface area contributed by atoms with Crippen molar-refractivity contribution in [3.8, 4) is 0 Å². The maximum Gasteiger partial charge on any atom is 0.251 e. The lowest BCUT2D eigenvalue weighted by Gasteiger charge is -2.15. The molecule has 1 aromatic rings. The number of benzene rings is 1. The maximum absolute atomic E-state index is 12.0. The Morgan fingerprint density at radius 3 is 2.78 bits per heavy atom. The smallest absolute Gasteiger partial charge is 0.251 e. The summed E-state index contributed by atoms with van der Waals surface area (Å²) in [7, 11) is 0. The monoisotopic (exact) mass is 317 g/mol. The van der Waals surface area contributed by atoms with E-state index in [0.29, 0.717) is 31.0 Å². The predicted octanol–water partition coefficient (Wildman–Crippen LogP) is 1.96. The molecule has 1 aliphatic rings. The third kappa shape index (κ3) is 5.36. The highest BCUT2D eigenvalue weighted by Crippen LogP contribution is 2.26. The molecule has 1 fully saturated rings. The fourth-order valence-corrected chi connectivity index (χ4v) is 2.99. The molecule has 1 aromatic carbocycles. The van der Waals surface area contributed by atoms with Crippen LogP contribution < -0.4 is 16.4 Å². The molecule has 0 radical (unpaired) electrons. The van der Waals surface area contributed by atoms with Crippen LogP contribution in [0.3, 0.4) is 0 Å². The van der Waals surface area contributed by atoms with Gasteiger partial charge in [-0.3, -0.25) is 9.59 Å². The summed E-state index contributed by atoms with van der Waals surface area (Å²) in [4.78, 5) is 24.0. The molecule has 4 N–H and O–H groups in total. The third-order valence-electron chi connectivity index (χ3n) is 4.38. The first kappa shape index (κ1) is 17.5. The first-order valence-corrected chi connectivity index (χ1v) is 8.49. The van der Waals surface area contributed by atoms with Gasteiger partial charge in [0.2, 0.25) is 5.91 Å². The van der Waals surface area contributed by atoms with Gasteiger partial charge in [0.15, 0.2) is 0 Å². The third-order valence-corrected chi connectivity index (χ3v) is 4.38. The van der Waals surface area contributed by atoms with Crippen molar-refractivity contribution in [1.29, 1.82) is 0 Å². The zero-order chi connectivity index (χ0) is 16.7. The minimum Gasteiger partial charge on any atom is -0.352 e. The molecule has 1 saturated carbocycles. The lowest BCUT2D eigenvalue weighted by atomic mass is 10.00. The highest BCUT2D eigenvalue weighted by molar-refractivity contribution is 5.94. The summed E-state index contributed by atoms with van der Waals surface area (Å²) >= 11 is 0. The second-order valence-corrected chi connectivity index (χ2v) is 6.29. The van der Waals surface area contributed by atoms with Crippen LogP contribution in [0.25, 0.3) is 0 Å². The van der Waals surface area contributed by atoms with E-state index in [-0.39, 0.29) is 17.9 Å². The molecule has 126 valence electrons. The first-order chi connectivity index (χ1) is 11.1. The van der Waals surface area contributed by atoms with Gasteiger partial charge in [-0.1, -0.05) is 25.5 Å². The molecule has 0 heterocycles. The van der Waals surface area contributed by atoms with E-state index in [1.165, 1.54) is 0 Å². The van der Waals surface area contributed by atoms with Crippen LogP contribution in [-0.2, 0) is 11.3 Å². The Bertz CT molecular complexity index is 545. The molecule has 2 rings (SSSR count). The van der Waals surface area contributed by atoms with Crippen molar-refractivity contribution in [2.24, 2.45) is 11.7 Å². The van der Waals surface area contributed by atoms with Gasteiger partial charge in [0.1, 0.15) is 0 Å². The van der Waals surface area contributed by atoms with Crippen LogP contribution in [0.1, 0.15) is 54.9 Å². The van der Waals surface area contributed by atoms with Gasteiger partial charge in [-0.25, -0.2) is 0 Å². The van der Waals surface area contributed by atoms with Gasteiger partial charge in [0.05, 0.1) is 0 Å². The quantitative estimate of drug-likeness (QED) is 0.719. The molecule has 0 aliphatic heterocycles. The van der Waals surface area contributed by atoms with Gasteiger partial charge in [0.25, 0.3) is 5.91 Å². The molecule has 5 heteroatoms. The molecule has 2 atom stereocenters. The van der Waals surface area contributed by atoms with Crippen molar-refractivity contribution >= 4 is 11.8 Å². The van der Waals surface area contributed by atoms with Gasteiger partial charge in [0, 0.05) is 31.1 Å². The fourth-order valence-electron chi connectivity index (χ4n) is 2.99. The van der Waals surface area contributed by atoms with E-state index in [9.17, 15) is 9.59 Å². The number of carbonyl (C=O) groups is 2. The van der Waals surface area contributed by atoms with Crippen molar-refractivity contribution in [2.75, 3.05) is 6.54 Å². The second-order valence-electron chi connectivity index (χ2n) is 6.29. The number of rotatable bonds is 7. The average Bonchev–Trinajstić information content (AvgIpc) is 2.96. The standard InChI is InChI=1S/C18H27N3O2/c1-2-9-20-18(23)15-7-3-5-13(10-15)12-21-17(22)11-14-6-4-8-16(14)19/h3,5,7,10,14,16H,2,4,6,8-9,11-12,19H2,1H3,(H,20,23)(H,21,22)/t14-,16+/m0/s1. The van der Waals surface area contributed by atoms with Crippen molar-refractivity contribution in [1.82, 2.24) is 10.6 Å². The molecule has 0 unspecified atom stereocenters. The van der Waals surface area contributed by atoms with Gasteiger partial charge in [-0.2, -0.15) is 0 Å². The Morgan fingerprint density at radius 1 is 1.26 bits per heavy atom. The number of hydrogen-bond donors (Lipinski definition) is 3. The van der Waals surface area contributed by atoms with Crippen molar-refractivity contribution in [3.63, 3.8) is 0 Å². The Labute approximate surface area is 138 Å². The summed E-state index contributed by atoms with van der Waals surface area (Å²) in [5, 5.41) is 5.78. The molecule has 2 amide bonds. The lowest BCUT2D eigenvalue weighted by Crippen LogP contribution is -2.31. The Morgan fingerprint density at radius 2 is 2.09 bits per heavy atom. The first-order valence-electron chi connectivity index (χ1n) is 8.49. The molecular formula is C18H27N3O2. The maximum atomic E-state index is 12.0. The van der Waals surface area contributed by atoms with E-state index >= 15 is 0 Å². The summed E-state index contributed by atoms with van der Waals surface area (Å²) in [6.45, 7) is 3.12. The average molecular weight is 317 g/mol. The van der Waals surface area contributed by atoms with Crippen LogP contribution in [0.5, 0.6) is 0 Å². The van der Waals surface area contributed by atoms with E-state index < -0.39 is 0 Å². The molecule has 1 aliphatic carbocycles. The van der Waals surface area contributed by atoms with Crippen LogP contribution in [-0.4, -0.2) is 24.4 Å². The Kier molecular flexibility index (Phi) is 6.59. The molecule has 5 nitrogen and oxygen atoms in total. The van der Waals surface area contributed by atoms with Crippen LogP contribution in [0.2, 0.25) is 0 Å². The minimum atomic E-state index is -0.0723. The van der Waals surface area contributed by atoms with Crippen LogP contribution in [0.15, 0.2) is 24.3 Å². The molecule has 0 aromatic heterocycles. The van der Waals surface area contributed by atoms with E-state index in [1.807, 2.05) is 25.1 Å². The molecule has 0 spiro atoms.